The standard InChI is InChI=1S/C8H9NO2.C3H8/c10-8(11)6-9-7-4-2-1-3-5-7;1-3-2/h1-5,9H,6H2,(H,10,11);3H2,1-2H3. The molecule has 0 heterocycles. The second-order valence-electron chi connectivity index (χ2n) is 2.82. The third-order valence-corrected chi connectivity index (χ3v) is 1.22. The average Bonchev–Trinajstić information content (AvgIpc) is 2.18. The Morgan fingerprint density at radius 1 is 1.29 bits per heavy atom. The molecule has 3 heteroatoms. The summed E-state index contributed by atoms with van der Waals surface area (Å²) in [6, 6.07) is 9.23. The van der Waals surface area contributed by atoms with Gasteiger partial charge in [0.25, 0.3) is 0 Å². The quantitative estimate of drug-likeness (QED) is 0.779. The van der Waals surface area contributed by atoms with E-state index in [1.807, 2.05) is 30.3 Å². The molecule has 0 bridgehead atoms. The number of benzene rings is 1. The first-order valence-electron chi connectivity index (χ1n) is 4.71. The van der Waals surface area contributed by atoms with Crippen LogP contribution in [0.4, 0.5) is 5.69 Å². The number of carboxylic acids is 1. The van der Waals surface area contributed by atoms with E-state index in [0.717, 1.165) is 5.69 Å². The Morgan fingerprint density at radius 2 is 1.79 bits per heavy atom. The zero-order valence-electron chi connectivity index (χ0n) is 8.66. The van der Waals surface area contributed by atoms with Crippen molar-refractivity contribution in [3.8, 4) is 0 Å². The number of aliphatic carboxylic acids is 1. The number of carbonyl (C=O) groups is 1. The van der Waals surface area contributed by atoms with E-state index in [9.17, 15) is 4.79 Å². The van der Waals surface area contributed by atoms with Gasteiger partial charge in [-0.05, 0) is 12.1 Å². The van der Waals surface area contributed by atoms with Gasteiger partial charge in [0.2, 0.25) is 0 Å². The molecule has 0 fully saturated rings. The van der Waals surface area contributed by atoms with E-state index >= 15 is 0 Å². The van der Waals surface area contributed by atoms with Gasteiger partial charge in [0.15, 0.2) is 0 Å². The van der Waals surface area contributed by atoms with Gasteiger partial charge in [-0.25, -0.2) is 0 Å². The van der Waals surface area contributed by atoms with Crippen LogP contribution in [0.3, 0.4) is 0 Å². The van der Waals surface area contributed by atoms with Crippen molar-refractivity contribution in [2.24, 2.45) is 0 Å². The fourth-order valence-corrected chi connectivity index (χ4v) is 0.734. The van der Waals surface area contributed by atoms with Crippen LogP contribution in [0.2, 0.25) is 0 Å². The molecular formula is C11H17NO2. The summed E-state index contributed by atoms with van der Waals surface area (Å²) < 4.78 is 0. The van der Waals surface area contributed by atoms with Crippen LogP contribution in [0.1, 0.15) is 20.3 Å². The summed E-state index contributed by atoms with van der Waals surface area (Å²) in [5.74, 6) is -0.853. The number of nitrogens with one attached hydrogen (secondary N) is 1. The minimum Gasteiger partial charge on any atom is -0.480 e. The smallest absolute Gasteiger partial charge is 0.322 e. The lowest BCUT2D eigenvalue weighted by molar-refractivity contribution is -0.134. The van der Waals surface area contributed by atoms with Gasteiger partial charge in [-0.15, -0.1) is 0 Å². The predicted molar refractivity (Wildman–Crippen MR) is 58.5 cm³/mol. The third-order valence-electron chi connectivity index (χ3n) is 1.22. The molecule has 0 unspecified atom stereocenters. The van der Waals surface area contributed by atoms with Crippen molar-refractivity contribution in [3.63, 3.8) is 0 Å². The highest BCUT2D eigenvalue weighted by molar-refractivity contribution is 5.72. The number of anilines is 1. The van der Waals surface area contributed by atoms with Crippen molar-refractivity contribution in [2.45, 2.75) is 20.3 Å². The van der Waals surface area contributed by atoms with E-state index in [1.165, 1.54) is 6.42 Å². The van der Waals surface area contributed by atoms with Gasteiger partial charge in [0, 0.05) is 5.69 Å². The van der Waals surface area contributed by atoms with Crippen molar-refractivity contribution < 1.29 is 9.90 Å². The van der Waals surface area contributed by atoms with Crippen LogP contribution in [0.15, 0.2) is 30.3 Å². The average molecular weight is 195 g/mol. The summed E-state index contributed by atoms with van der Waals surface area (Å²) in [6.07, 6.45) is 1.25. The Labute approximate surface area is 84.8 Å². The first-order chi connectivity index (χ1) is 6.70. The predicted octanol–water partition coefficient (Wildman–Crippen LogP) is 2.60. The van der Waals surface area contributed by atoms with Crippen LogP contribution in [0.5, 0.6) is 0 Å². The molecular weight excluding hydrogens is 178 g/mol. The summed E-state index contributed by atoms with van der Waals surface area (Å²) in [5.41, 5.74) is 0.829. The van der Waals surface area contributed by atoms with Crippen molar-refractivity contribution in [3.05, 3.63) is 30.3 Å². The molecule has 0 aliphatic heterocycles. The Hall–Kier alpha value is -1.51. The first-order valence-corrected chi connectivity index (χ1v) is 4.71. The highest BCUT2D eigenvalue weighted by Gasteiger charge is 1.93. The number of carboxylic acid groups (broad SMARTS) is 1. The monoisotopic (exact) mass is 195 g/mol. The van der Waals surface area contributed by atoms with E-state index in [1.54, 1.807) is 0 Å². The number of para-hydroxylation sites is 1. The highest BCUT2D eigenvalue weighted by Crippen LogP contribution is 2.03. The van der Waals surface area contributed by atoms with Gasteiger partial charge < -0.3 is 10.4 Å². The fourth-order valence-electron chi connectivity index (χ4n) is 0.734. The van der Waals surface area contributed by atoms with E-state index in [-0.39, 0.29) is 6.54 Å². The van der Waals surface area contributed by atoms with Gasteiger partial charge in [-0.2, -0.15) is 0 Å². The molecule has 2 N–H and O–H groups in total. The fraction of sp³-hybridized carbons (Fsp3) is 0.364. The summed E-state index contributed by atoms with van der Waals surface area (Å²) >= 11 is 0. The molecule has 14 heavy (non-hydrogen) atoms. The first kappa shape index (κ1) is 12.5. The summed E-state index contributed by atoms with van der Waals surface area (Å²) in [4.78, 5) is 10.1. The van der Waals surface area contributed by atoms with Crippen LogP contribution in [-0.4, -0.2) is 17.6 Å². The molecule has 0 amide bonds. The van der Waals surface area contributed by atoms with Crippen LogP contribution in [-0.2, 0) is 4.79 Å². The van der Waals surface area contributed by atoms with Crippen molar-refractivity contribution >= 4 is 11.7 Å². The van der Waals surface area contributed by atoms with Crippen LogP contribution >= 0.6 is 0 Å². The van der Waals surface area contributed by atoms with Gasteiger partial charge in [-0.1, -0.05) is 38.5 Å². The van der Waals surface area contributed by atoms with Gasteiger partial charge in [0.05, 0.1) is 0 Å². The molecule has 0 saturated heterocycles. The number of hydrogen-bond acceptors (Lipinski definition) is 2. The van der Waals surface area contributed by atoms with Gasteiger partial charge >= 0.3 is 5.97 Å². The molecule has 1 aromatic rings. The lowest BCUT2D eigenvalue weighted by atomic mass is 10.3. The Bertz CT molecular complexity index is 247. The van der Waals surface area contributed by atoms with Crippen molar-refractivity contribution in [1.29, 1.82) is 0 Å². The summed E-state index contributed by atoms with van der Waals surface area (Å²) in [6.45, 7) is 4.21. The minimum atomic E-state index is -0.853. The normalized spacial score (nSPS) is 8.43. The number of rotatable bonds is 3. The summed E-state index contributed by atoms with van der Waals surface area (Å²) in [5, 5.41) is 11.1. The molecule has 0 spiro atoms. The Morgan fingerprint density at radius 3 is 2.21 bits per heavy atom. The van der Waals surface area contributed by atoms with Gasteiger partial charge in [-0.3, -0.25) is 4.79 Å². The van der Waals surface area contributed by atoms with E-state index < -0.39 is 5.97 Å². The molecule has 0 atom stereocenters. The van der Waals surface area contributed by atoms with E-state index in [0.29, 0.717) is 0 Å². The largest absolute Gasteiger partial charge is 0.480 e. The second kappa shape index (κ2) is 8.10. The van der Waals surface area contributed by atoms with Crippen LogP contribution < -0.4 is 5.32 Å². The maximum Gasteiger partial charge on any atom is 0.322 e. The molecule has 0 aliphatic rings. The SMILES string of the molecule is CCC.O=C(O)CNc1ccccc1. The molecule has 0 radical (unpaired) electrons. The second-order valence-corrected chi connectivity index (χ2v) is 2.82. The van der Waals surface area contributed by atoms with Crippen LogP contribution in [0, 0.1) is 0 Å². The summed E-state index contributed by atoms with van der Waals surface area (Å²) in [7, 11) is 0. The lowest BCUT2D eigenvalue weighted by Crippen LogP contribution is -2.11. The maximum atomic E-state index is 10.1. The molecule has 78 valence electrons. The third kappa shape index (κ3) is 7.16. The molecule has 0 aliphatic carbocycles. The Balaban J connectivity index is 0.000000500. The Kier molecular flexibility index (Phi) is 7.23. The zero-order chi connectivity index (χ0) is 10.8. The lowest BCUT2D eigenvalue weighted by Gasteiger charge is -2.00. The molecule has 1 aromatic carbocycles. The van der Waals surface area contributed by atoms with Crippen molar-refractivity contribution in [1.82, 2.24) is 0 Å². The molecule has 1 rings (SSSR count). The molecule has 3 nitrogen and oxygen atoms in total. The topological polar surface area (TPSA) is 49.3 Å². The van der Waals surface area contributed by atoms with E-state index in [2.05, 4.69) is 19.2 Å². The van der Waals surface area contributed by atoms with Crippen LogP contribution in [0.25, 0.3) is 0 Å². The highest BCUT2D eigenvalue weighted by atomic mass is 16.4. The van der Waals surface area contributed by atoms with Gasteiger partial charge in [0.1, 0.15) is 6.54 Å². The maximum absolute atomic E-state index is 10.1. The minimum absolute atomic E-state index is 0.0377. The van der Waals surface area contributed by atoms with E-state index in [4.69, 9.17) is 5.11 Å². The van der Waals surface area contributed by atoms with Crippen molar-refractivity contribution in [2.75, 3.05) is 11.9 Å². The zero-order valence-corrected chi connectivity index (χ0v) is 8.66. The number of hydrogen-bond donors (Lipinski definition) is 2. The molecule has 0 aromatic heterocycles. The molecule has 0 saturated carbocycles.